The van der Waals surface area contributed by atoms with Gasteiger partial charge in [-0.3, -0.25) is 4.99 Å². The van der Waals surface area contributed by atoms with E-state index in [-0.39, 0.29) is 0 Å². The smallest absolute Gasteiger partial charge is 0.215 e. The zero-order chi connectivity index (χ0) is 10.5. The standard InChI is InChI=1S/C12H15N2S/c1-14-9-10-15-12(14)7-8-13-11-5-3-2-4-6-11/h2-6,8H,7,9-10H2,1H3/q+1. The van der Waals surface area contributed by atoms with Crippen LogP contribution in [0.5, 0.6) is 0 Å². The quantitative estimate of drug-likeness (QED) is 0.563. The van der Waals surface area contributed by atoms with Gasteiger partial charge in [0.1, 0.15) is 7.05 Å². The van der Waals surface area contributed by atoms with Gasteiger partial charge >= 0.3 is 0 Å². The molecule has 0 bridgehead atoms. The first kappa shape index (κ1) is 10.4. The fraction of sp³-hybridized carbons (Fsp3) is 0.333. The first-order valence-corrected chi connectivity index (χ1v) is 6.12. The molecule has 0 unspecified atom stereocenters. The van der Waals surface area contributed by atoms with Gasteiger partial charge in [-0.1, -0.05) is 30.0 Å². The summed E-state index contributed by atoms with van der Waals surface area (Å²) in [6.07, 6.45) is 2.95. The number of rotatable bonds is 3. The molecule has 0 radical (unpaired) electrons. The minimum atomic E-state index is 0.954. The van der Waals surface area contributed by atoms with Crippen LogP contribution in [0.15, 0.2) is 35.3 Å². The van der Waals surface area contributed by atoms with Crippen LogP contribution in [0, 0.1) is 0 Å². The van der Waals surface area contributed by atoms with Crippen molar-refractivity contribution >= 4 is 28.7 Å². The average Bonchev–Trinajstić information content (AvgIpc) is 2.66. The van der Waals surface area contributed by atoms with Crippen LogP contribution in [-0.2, 0) is 0 Å². The SMILES string of the molecule is C[N+]1=C(CC=Nc2ccccc2)SCC1. The highest BCUT2D eigenvalue weighted by Crippen LogP contribution is 2.14. The van der Waals surface area contributed by atoms with E-state index < -0.39 is 0 Å². The molecule has 1 aliphatic heterocycles. The summed E-state index contributed by atoms with van der Waals surface area (Å²) in [6.45, 7) is 1.17. The number of aliphatic imine (C=N–C) groups is 1. The maximum atomic E-state index is 4.42. The minimum Gasteiger partial charge on any atom is -0.261 e. The second kappa shape index (κ2) is 5.12. The van der Waals surface area contributed by atoms with Crippen molar-refractivity contribution in [3.05, 3.63) is 30.3 Å². The van der Waals surface area contributed by atoms with Gasteiger partial charge in [-0.2, -0.15) is 0 Å². The lowest BCUT2D eigenvalue weighted by molar-refractivity contribution is -0.486. The molecule has 1 aromatic rings. The lowest BCUT2D eigenvalue weighted by Crippen LogP contribution is -2.08. The lowest BCUT2D eigenvalue weighted by Gasteiger charge is -1.92. The van der Waals surface area contributed by atoms with Crippen LogP contribution >= 0.6 is 11.8 Å². The minimum absolute atomic E-state index is 0.954. The molecule has 0 aromatic heterocycles. The fourth-order valence-corrected chi connectivity index (χ4v) is 2.60. The number of nitrogens with zero attached hydrogens (tertiary/aromatic N) is 2. The molecule has 0 aliphatic carbocycles. The van der Waals surface area contributed by atoms with E-state index in [0.29, 0.717) is 0 Å². The van der Waals surface area contributed by atoms with Gasteiger partial charge in [0.05, 0.1) is 17.9 Å². The highest BCUT2D eigenvalue weighted by atomic mass is 32.2. The molecule has 1 heterocycles. The van der Waals surface area contributed by atoms with E-state index in [1.165, 1.54) is 17.3 Å². The van der Waals surface area contributed by atoms with E-state index in [4.69, 9.17) is 0 Å². The monoisotopic (exact) mass is 219 g/mol. The van der Waals surface area contributed by atoms with Gasteiger partial charge in [-0.25, -0.2) is 4.58 Å². The van der Waals surface area contributed by atoms with E-state index in [2.05, 4.69) is 16.6 Å². The van der Waals surface area contributed by atoms with Gasteiger partial charge in [0.25, 0.3) is 0 Å². The number of benzene rings is 1. The summed E-state index contributed by atoms with van der Waals surface area (Å²) < 4.78 is 2.31. The van der Waals surface area contributed by atoms with Crippen LogP contribution in [0.1, 0.15) is 6.42 Å². The van der Waals surface area contributed by atoms with Crippen molar-refractivity contribution in [3.63, 3.8) is 0 Å². The van der Waals surface area contributed by atoms with E-state index in [1.807, 2.05) is 48.3 Å². The lowest BCUT2D eigenvalue weighted by atomic mass is 10.3. The Morgan fingerprint density at radius 3 is 2.87 bits per heavy atom. The van der Waals surface area contributed by atoms with Gasteiger partial charge in [0.2, 0.25) is 5.04 Å². The molecule has 1 aromatic carbocycles. The van der Waals surface area contributed by atoms with Gasteiger partial charge < -0.3 is 0 Å². The Kier molecular flexibility index (Phi) is 3.56. The Labute approximate surface area is 94.7 Å². The van der Waals surface area contributed by atoms with Crippen LogP contribution in [0.4, 0.5) is 5.69 Å². The molecule has 2 nitrogen and oxygen atoms in total. The second-order valence-corrected chi connectivity index (χ2v) is 4.68. The third-order valence-corrected chi connectivity index (χ3v) is 3.58. The van der Waals surface area contributed by atoms with Crippen molar-refractivity contribution < 1.29 is 4.58 Å². The maximum absolute atomic E-state index is 4.42. The normalized spacial score (nSPS) is 16.6. The predicted molar refractivity (Wildman–Crippen MR) is 67.7 cm³/mol. The van der Waals surface area contributed by atoms with Gasteiger partial charge in [-0.15, -0.1) is 0 Å². The van der Waals surface area contributed by atoms with Gasteiger partial charge in [-0.05, 0) is 12.1 Å². The molecular formula is C12H15N2S+. The Bertz CT molecular complexity index is 382. The molecule has 3 heteroatoms. The summed E-state index contributed by atoms with van der Waals surface area (Å²) >= 11 is 1.94. The third-order valence-electron chi connectivity index (χ3n) is 2.38. The van der Waals surface area contributed by atoms with E-state index in [1.54, 1.807) is 0 Å². The molecule has 0 saturated heterocycles. The van der Waals surface area contributed by atoms with Crippen LogP contribution in [0.3, 0.4) is 0 Å². The average molecular weight is 219 g/mol. The molecule has 0 N–H and O–H groups in total. The molecule has 15 heavy (non-hydrogen) atoms. The fourth-order valence-electron chi connectivity index (χ4n) is 1.49. The molecule has 0 spiro atoms. The summed E-state index contributed by atoms with van der Waals surface area (Å²) in [7, 11) is 2.14. The van der Waals surface area contributed by atoms with E-state index >= 15 is 0 Å². The highest BCUT2D eigenvalue weighted by molar-refractivity contribution is 8.13. The van der Waals surface area contributed by atoms with Crippen LogP contribution in [0.25, 0.3) is 0 Å². The van der Waals surface area contributed by atoms with Gasteiger partial charge in [0, 0.05) is 6.21 Å². The number of hydrogen-bond donors (Lipinski definition) is 0. The molecule has 78 valence electrons. The summed E-state index contributed by atoms with van der Waals surface area (Å²) in [6, 6.07) is 10.1. The zero-order valence-electron chi connectivity index (χ0n) is 8.89. The molecule has 2 rings (SSSR count). The summed E-state index contributed by atoms with van der Waals surface area (Å²) in [4.78, 5) is 4.42. The van der Waals surface area contributed by atoms with Gasteiger partial charge in [0.15, 0.2) is 6.54 Å². The number of thioether (sulfide) groups is 1. The van der Waals surface area contributed by atoms with Crippen LogP contribution in [-0.4, -0.2) is 35.2 Å². The number of para-hydroxylation sites is 1. The highest BCUT2D eigenvalue weighted by Gasteiger charge is 2.17. The van der Waals surface area contributed by atoms with Crippen LogP contribution in [0.2, 0.25) is 0 Å². The first-order valence-electron chi connectivity index (χ1n) is 5.13. The van der Waals surface area contributed by atoms with Crippen molar-refractivity contribution in [1.82, 2.24) is 0 Å². The Balaban J connectivity index is 1.93. The maximum Gasteiger partial charge on any atom is 0.215 e. The largest absolute Gasteiger partial charge is 0.261 e. The molecule has 0 saturated carbocycles. The molecule has 0 fully saturated rings. The first-order chi connectivity index (χ1) is 7.36. The Morgan fingerprint density at radius 2 is 2.20 bits per heavy atom. The van der Waals surface area contributed by atoms with Crippen molar-refractivity contribution in [1.29, 1.82) is 0 Å². The summed E-state index contributed by atoms with van der Waals surface area (Å²) in [5.74, 6) is 1.21. The van der Waals surface area contributed by atoms with Crippen molar-refractivity contribution in [2.24, 2.45) is 4.99 Å². The molecule has 0 amide bonds. The summed E-state index contributed by atoms with van der Waals surface area (Å²) in [5, 5.41) is 1.43. The second-order valence-electron chi connectivity index (χ2n) is 3.52. The summed E-state index contributed by atoms with van der Waals surface area (Å²) in [5.41, 5.74) is 1.03. The third kappa shape index (κ3) is 2.93. The van der Waals surface area contributed by atoms with E-state index in [0.717, 1.165) is 12.1 Å². The van der Waals surface area contributed by atoms with Crippen molar-refractivity contribution in [2.45, 2.75) is 6.42 Å². The number of hydrogen-bond acceptors (Lipinski definition) is 2. The Morgan fingerprint density at radius 1 is 1.40 bits per heavy atom. The Hall–Kier alpha value is -1.09. The predicted octanol–water partition coefficient (Wildman–Crippen LogP) is 2.57. The van der Waals surface area contributed by atoms with Crippen LogP contribution < -0.4 is 0 Å². The van der Waals surface area contributed by atoms with Crippen molar-refractivity contribution in [3.8, 4) is 0 Å². The zero-order valence-corrected chi connectivity index (χ0v) is 9.70. The molecular weight excluding hydrogens is 204 g/mol. The molecule has 1 aliphatic rings. The topological polar surface area (TPSA) is 15.4 Å². The van der Waals surface area contributed by atoms with E-state index in [9.17, 15) is 0 Å². The van der Waals surface area contributed by atoms with Crippen molar-refractivity contribution in [2.75, 3.05) is 19.3 Å². The molecule has 0 atom stereocenters.